The van der Waals surface area contributed by atoms with Gasteiger partial charge >= 0.3 is 0 Å². The predicted molar refractivity (Wildman–Crippen MR) is 74.0 cm³/mol. The molecule has 17 heavy (non-hydrogen) atoms. The maximum atomic E-state index is 6.06. The highest BCUT2D eigenvalue weighted by molar-refractivity contribution is 4.92. The van der Waals surface area contributed by atoms with Crippen LogP contribution < -0.4 is 5.73 Å². The van der Waals surface area contributed by atoms with Crippen molar-refractivity contribution in [3.8, 4) is 0 Å². The number of hydrogen-bond donors (Lipinski definition) is 1. The second-order valence-electron chi connectivity index (χ2n) is 6.28. The van der Waals surface area contributed by atoms with E-state index in [9.17, 15) is 0 Å². The van der Waals surface area contributed by atoms with Crippen LogP contribution in [0.15, 0.2) is 0 Å². The van der Waals surface area contributed by atoms with Crippen molar-refractivity contribution in [1.82, 2.24) is 4.90 Å². The van der Waals surface area contributed by atoms with Crippen LogP contribution in [0.4, 0.5) is 0 Å². The van der Waals surface area contributed by atoms with Crippen molar-refractivity contribution < 1.29 is 0 Å². The third-order valence-electron chi connectivity index (χ3n) is 5.58. The molecular weight excluding hydrogens is 208 g/mol. The highest BCUT2D eigenvalue weighted by Crippen LogP contribution is 2.39. The minimum atomic E-state index is 0.379. The molecule has 1 aliphatic heterocycles. The molecule has 2 atom stereocenters. The van der Waals surface area contributed by atoms with Crippen LogP contribution in [0.1, 0.15) is 58.8 Å². The van der Waals surface area contributed by atoms with E-state index in [2.05, 4.69) is 18.7 Å². The van der Waals surface area contributed by atoms with Crippen molar-refractivity contribution >= 4 is 0 Å². The lowest BCUT2D eigenvalue weighted by molar-refractivity contribution is 0.0573. The van der Waals surface area contributed by atoms with Gasteiger partial charge in [0.1, 0.15) is 0 Å². The molecule has 100 valence electrons. The average molecular weight is 238 g/mol. The van der Waals surface area contributed by atoms with E-state index >= 15 is 0 Å². The third kappa shape index (κ3) is 2.68. The molecule has 0 radical (unpaired) electrons. The van der Waals surface area contributed by atoms with E-state index < -0.39 is 0 Å². The van der Waals surface area contributed by atoms with Crippen LogP contribution in [0.2, 0.25) is 0 Å². The van der Waals surface area contributed by atoms with E-state index in [4.69, 9.17) is 5.73 Å². The van der Waals surface area contributed by atoms with E-state index in [-0.39, 0.29) is 0 Å². The number of hydrogen-bond acceptors (Lipinski definition) is 2. The topological polar surface area (TPSA) is 29.3 Å². The fourth-order valence-corrected chi connectivity index (χ4v) is 4.01. The highest BCUT2D eigenvalue weighted by Gasteiger charge is 2.38. The van der Waals surface area contributed by atoms with Crippen LogP contribution in [-0.2, 0) is 0 Å². The summed E-state index contributed by atoms with van der Waals surface area (Å²) in [7, 11) is 0. The molecule has 0 bridgehead atoms. The molecule has 2 heteroatoms. The van der Waals surface area contributed by atoms with E-state index in [1.807, 2.05) is 0 Å². The summed E-state index contributed by atoms with van der Waals surface area (Å²) < 4.78 is 0. The van der Waals surface area contributed by atoms with E-state index in [1.165, 1.54) is 58.0 Å². The minimum absolute atomic E-state index is 0.379. The van der Waals surface area contributed by atoms with Crippen LogP contribution in [-0.4, -0.2) is 30.6 Å². The van der Waals surface area contributed by atoms with Gasteiger partial charge < -0.3 is 5.73 Å². The Morgan fingerprint density at radius 2 is 1.82 bits per heavy atom. The summed E-state index contributed by atoms with van der Waals surface area (Å²) in [5.41, 5.74) is 6.44. The van der Waals surface area contributed by atoms with Gasteiger partial charge in [-0.1, -0.05) is 20.3 Å². The highest BCUT2D eigenvalue weighted by atomic mass is 15.2. The summed E-state index contributed by atoms with van der Waals surface area (Å²) in [6.45, 7) is 8.05. The van der Waals surface area contributed by atoms with Crippen molar-refractivity contribution in [3.05, 3.63) is 0 Å². The normalized spacial score (nSPS) is 30.5. The van der Waals surface area contributed by atoms with Crippen molar-refractivity contribution in [3.63, 3.8) is 0 Å². The number of nitrogens with two attached hydrogens (primary N) is 1. The standard InChI is InChI=1S/C15H30N2/c1-3-15(4-2,11-16)12-17-10-6-8-13-7-5-9-14(13)17/h13-14H,3-12,16H2,1-2H3. The van der Waals surface area contributed by atoms with Gasteiger partial charge in [-0.3, -0.25) is 4.90 Å². The van der Waals surface area contributed by atoms with Gasteiger partial charge in [-0.15, -0.1) is 0 Å². The van der Waals surface area contributed by atoms with Crippen LogP contribution in [0.5, 0.6) is 0 Å². The fraction of sp³-hybridized carbons (Fsp3) is 1.00. The lowest BCUT2D eigenvalue weighted by Gasteiger charge is -2.43. The maximum Gasteiger partial charge on any atom is 0.0124 e. The first-order chi connectivity index (χ1) is 8.24. The first-order valence-corrected chi connectivity index (χ1v) is 7.69. The second-order valence-corrected chi connectivity index (χ2v) is 6.28. The molecule has 1 saturated carbocycles. The first kappa shape index (κ1) is 13.4. The van der Waals surface area contributed by atoms with Gasteiger partial charge in [0.15, 0.2) is 0 Å². The van der Waals surface area contributed by atoms with Crippen molar-refractivity contribution in [1.29, 1.82) is 0 Å². The quantitative estimate of drug-likeness (QED) is 0.798. The number of rotatable bonds is 5. The molecule has 0 aromatic carbocycles. The van der Waals surface area contributed by atoms with Crippen molar-refractivity contribution in [2.75, 3.05) is 19.6 Å². The van der Waals surface area contributed by atoms with Crippen LogP contribution in [0.3, 0.4) is 0 Å². The summed E-state index contributed by atoms with van der Waals surface area (Å²) in [6, 6.07) is 0.896. The zero-order valence-corrected chi connectivity index (χ0v) is 11.8. The molecule has 1 aliphatic carbocycles. The Labute approximate surface area is 107 Å². The Kier molecular flexibility index (Phi) is 4.48. The minimum Gasteiger partial charge on any atom is -0.330 e. The number of piperidine rings is 1. The molecule has 2 rings (SSSR count). The zero-order chi connectivity index (χ0) is 12.3. The Morgan fingerprint density at radius 3 is 2.47 bits per heavy atom. The smallest absolute Gasteiger partial charge is 0.0124 e. The lowest BCUT2D eigenvalue weighted by atomic mass is 9.80. The Bertz CT molecular complexity index is 227. The molecule has 2 nitrogen and oxygen atoms in total. The molecule has 1 heterocycles. The van der Waals surface area contributed by atoms with Gasteiger partial charge in [-0.25, -0.2) is 0 Å². The largest absolute Gasteiger partial charge is 0.330 e. The van der Waals surface area contributed by atoms with Crippen LogP contribution in [0, 0.1) is 11.3 Å². The molecule has 0 spiro atoms. The molecular formula is C15H30N2. The molecule has 2 aliphatic rings. The van der Waals surface area contributed by atoms with Crippen molar-refractivity contribution in [2.24, 2.45) is 17.1 Å². The first-order valence-electron chi connectivity index (χ1n) is 7.69. The predicted octanol–water partition coefficient (Wildman–Crippen LogP) is 3.02. The summed E-state index contributed by atoms with van der Waals surface area (Å²) in [6.07, 6.45) is 9.74. The van der Waals surface area contributed by atoms with Gasteiger partial charge in [0.25, 0.3) is 0 Å². The number of likely N-dealkylation sites (tertiary alicyclic amines) is 1. The Balaban J connectivity index is 2.01. The van der Waals surface area contributed by atoms with E-state index in [0.717, 1.165) is 18.5 Å². The maximum absolute atomic E-state index is 6.06. The monoisotopic (exact) mass is 238 g/mol. The van der Waals surface area contributed by atoms with Gasteiger partial charge in [0.2, 0.25) is 0 Å². The Hall–Kier alpha value is -0.0800. The van der Waals surface area contributed by atoms with Crippen LogP contribution in [0.25, 0.3) is 0 Å². The zero-order valence-electron chi connectivity index (χ0n) is 11.8. The lowest BCUT2D eigenvalue weighted by Crippen LogP contribution is -2.49. The summed E-state index contributed by atoms with van der Waals surface area (Å²) in [4.78, 5) is 2.79. The summed E-state index contributed by atoms with van der Waals surface area (Å²) >= 11 is 0. The summed E-state index contributed by atoms with van der Waals surface area (Å²) in [5, 5.41) is 0. The molecule has 0 aromatic rings. The second kappa shape index (κ2) is 5.71. The van der Waals surface area contributed by atoms with E-state index in [1.54, 1.807) is 0 Å². The third-order valence-corrected chi connectivity index (χ3v) is 5.58. The van der Waals surface area contributed by atoms with Crippen molar-refractivity contribution in [2.45, 2.75) is 64.8 Å². The number of nitrogens with zero attached hydrogens (tertiary/aromatic N) is 1. The number of fused-ring (bicyclic) bond motifs is 1. The van der Waals surface area contributed by atoms with Gasteiger partial charge in [0.05, 0.1) is 0 Å². The molecule has 2 fully saturated rings. The molecule has 1 saturated heterocycles. The van der Waals surface area contributed by atoms with Gasteiger partial charge in [0, 0.05) is 12.6 Å². The molecule has 2 unspecified atom stereocenters. The van der Waals surface area contributed by atoms with E-state index in [0.29, 0.717) is 5.41 Å². The SMILES string of the molecule is CCC(CC)(CN)CN1CCCC2CCCC21. The molecule has 2 N–H and O–H groups in total. The van der Waals surface area contributed by atoms with Crippen LogP contribution >= 0.6 is 0 Å². The average Bonchev–Trinajstić information content (AvgIpc) is 2.85. The molecule has 0 amide bonds. The Morgan fingerprint density at radius 1 is 1.12 bits per heavy atom. The van der Waals surface area contributed by atoms with Gasteiger partial charge in [-0.2, -0.15) is 0 Å². The van der Waals surface area contributed by atoms with Gasteiger partial charge in [-0.05, 0) is 62.9 Å². The fourth-order valence-electron chi connectivity index (χ4n) is 4.01. The summed E-state index contributed by atoms with van der Waals surface area (Å²) in [5.74, 6) is 1.01. The molecule has 0 aromatic heterocycles.